The van der Waals surface area contributed by atoms with Gasteiger partial charge in [-0.2, -0.15) is 4.31 Å². The molecular weight excluding hydrogens is 450 g/mol. The van der Waals surface area contributed by atoms with Gasteiger partial charge in [-0.15, -0.1) is 0 Å². The van der Waals surface area contributed by atoms with Gasteiger partial charge in [0.1, 0.15) is 12.4 Å². The minimum Gasteiger partial charge on any atom is -0.492 e. The zero-order valence-corrected chi connectivity index (χ0v) is 20.4. The molecule has 8 heteroatoms. The summed E-state index contributed by atoms with van der Waals surface area (Å²) in [5.41, 5.74) is 2.48. The van der Waals surface area contributed by atoms with Gasteiger partial charge in [0.05, 0.1) is 22.2 Å². The van der Waals surface area contributed by atoms with Crippen LogP contribution in [0.2, 0.25) is 0 Å². The van der Waals surface area contributed by atoms with Crippen molar-refractivity contribution < 1.29 is 17.9 Å². The summed E-state index contributed by atoms with van der Waals surface area (Å²) < 4.78 is 34.1. The van der Waals surface area contributed by atoms with E-state index in [1.807, 2.05) is 30.3 Å². The van der Waals surface area contributed by atoms with Gasteiger partial charge < -0.3 is 15.0 Å². The maximum absolute atomic E-state index is 13.3. The first-order chi connectivity index (χ1) is 16.5. The predicted molar refractivity (Wildman–Crippen MR) is 133 cm³/mol. The molecule has 0 aromatic heterocycles. The van der Waals surface area contributed by atoms with Gasteiger partial charge in [0.25, 0.3) is 0 Å². The van der Waals surface area contributed by atoms with E-state index in [-0.39, 0.29) is 16.7 Å². The SMILES string of the molecule is O=C(Nc1cc(S(=O)(=O)N2CCCCC2)ccc1N1CCCCC1)[C@@H]1COc2ccccc2C1. The summed E-state index contributed by atoms with van der Waals surface area (Å²) in [4.78, 5) is 15.8. The van der Waals surface area contributed by atoms with Crippen LogP contribution >= 0.6 is 0 Å². The molecule has 3 aliphatic heterocycles. The third kappa shape index (κ3) is 4.79. The minimum absolute atomic E-state index is 0.139. The van der Waals surface area contributed by atoms with Crippen LogP contribution in [-0.2, 0) is 21.2 Å². The Morgan fingerprint density at radius 3 is 2.38 bits per heavy atom. The molecule has 3 heterocycles. The number of rotatable bonds is 5. The fraction of sp³-hybridized carbons (Fsp3) is 0.500. The van der Waals surface area contributed by atoms with E-state index >= 15 is 0 Å². The number of nitrogens with zero attached hydrogens (tertiary/aromatic N) is 2. The lowest BCUT2D eigenvalue weighted by molar-refractivity contribution is -0.121. The van der Waals surface area contributed by atoms with Gasteiger partial charge in [-0.1, -0.05) is 24.6 Å². The molecule has 34 heavy (non-hydrogen) atoms. The van der Waals surface area contributed by atoms with E-state index in [4.69, 9.17) is 4.74 Å². The van der Waals surface area contributed by atoms with E-state index in [9.17, 15) is 13.2 Å². The van der Waals surface area contributed by atoms with Crippen LogP contribution in [0, 0.1) is 5.92 Å². The molecular formula is C26H33N3O4S. The molecule has 5 rings (SSSR count). The van der Waals surface area contributed by atoms with Crippen LogP contribution in [0.1, 0.15) is 44.1 Å². The third-order valence-electron chi connectivity index (χ3n) is 7.13. The summed E-state index contributed by atoms with van der Waals surface area (Å²) in [6.45, 7) is 3.23. The number of ether oxygens (including phenoxy) is 1. The molecule has 0 unspecified atom stereocenters. The van der Waals surface area contributed by atoms with Crippen molar-refractivity contribution in [3.8, 4) is 5.75 Å². The number of carbonyl (C=O) groups excluding carboxylic acids is 1. The Hall–Kier alpha value is -2.58. The average molecular weight is 484 g/mol. The van der Waals surface area contributed by atoms with Crippen molar-refractivity contribution in [2.24, 2.45) is 5.92 Å². The van der Waals surface area contributed by atoms with Gasteiger partial charge in [-0.25, -0.2) is 8.42 Å². The van der Waals surface area contributed by atoms with Gasteiger partial charge in [0.15, 0.2) is 0 Å². The number of hydrogen-bond acceptors (Lipinski definition) is 5. The second-order valence-electron chi connectivity index (χ2n) is 9.50. The van der Waals surface area contributed by atoms with Crippen LogP contribution in [0.3, 0.4) is 0 Å². The van der Waals surface area contributed by atoms with E-state index in [2.05, 4.69) is 10.2 Å². The number of piperidine rings is 2. The Morgan fingerprint density at radius 1 is 0.912 bits per heavy atom. The number of benzene rings is 2. The van der Waals surface area contributed by atoms with Crippen LogP contribution in [0.25, 0.3) is 0 Å². The lowest BCUT2D eigenvalue weighted by atomic mass is 9.96. The molecule has 7 nitrogen and oxygen atoms in total. The van der Waals surface area contributed by atoms with Crippen LogP contribution in [0.15, 0.2) is 47.4 Å². The van der Waals surface area contributed by atoms with Crippen molar-refractivity contribution in [1.82, 2.24) is 4.31 Å². The minimum atomic E-state index is -3.59. The first-order valence-corrected chi connectivity index (χ1v) is 13.9. The van der Waals surface area contributed by atoms with Crippen molar-refractivity contribution in [3.63, 3.8) is 0 Å². The zero-order valence-electron chi connectivity index (χ0n) is 19.5. The molecule has 2 aromatic rings. The monoisotopic (exact) mass is 483 g/mol. The van der Waals surface area contributed by atoms with Gasteiger partial charge in [0.2, 0.25) is 15.9 Å². The number of anilines is 2. The Bertz CT molecular complexity index is 1140. The third-order valence-corrected chi connectivity index (χ3v) is 9.02. The normalized spacial score (nSPS) is 21.4. The van der Waals surface area contributed by atoms with Crippen molar-refractivity contribution in [2.45, 2.75) is 49.8 Å². The van der Waals surface area contributed by atoms with Gasteiger partial charge in [-0.05, 0) is 68.4 Å². The van der Waals surface area contributed by atoms with Gasteiger partial charge >= 0.3 is 0 Å². The summed E-state index contributed by atoms with van der Waals surface area (Å²) in [5, 5.41) is 3.08. The quantitative estimate of drug-likeness (QED) is 0.694. The summed E-state index contributed by atoms with van der Waals surface area (Å²) in [6, 6.07) is 13.0. The summed E-state index contributed by atoms with van der Waals surface area (Å²) in [5.74, 6) is 0.363. The molecule has 2 saturated heterocycles. The average Bonchev–Trinajstić information content (AvgIpc) is 2.89. The first kappa shape index (κ1) is 23.2. The molecule has 0 radical (unpaired) electrons. The summed E-state index contributed by atoms with van der Waals surface area (Å²) in [7, 11) is -3.59. The van der Waals surface area contributed by atoms with Crippen LogP contribution < -0.4 is 15.0 Å². The first-order valence-electron chi connectivity index (χ1n) is 12.4. The summed E-state index contributed by atoms with van der Waals surface area (Å²) >= 11 is 0. The number of amides is 1. The Balaban J connectivity index is 1.42. The molecule has 0 bridgehead atoms. The zero-order chi connectivity index (χ0) is 23.5. The lowest BCUT2D eigenvalue weighted by Crippen LogP contribution is -2.36. The molecule has 0 saturated carbocycles. The number of hydrogen-bond donors (Lipinski definition) is 1. The fourth-order valence-corrected chi connectivity index (χ4v) is 6.72. The number of para-hydroxylation sites is 1. The van der Waals surface area contributed by atoms with Gasteiger partial charge in [-0.3, -0.25) is 4.79 Å². The van der Waals surface area contributed by atoms with Crippen LogP contribution in [0.4, 0.5) is 11.4 Å². The smallest absolute Gasteiger partial charge is 0.243 e. The van der Waals surface area contributed by atoms with Crippen molar-refractivity contribution in [2.75, 3.05) is 43.0 Å². The van der Waals surface area contributed by atoms with Gasteiger partial charge in [0, 0.05) is 26.2 Å². The number of sulfonamides is 1. The molecule has 1 amide bonds. The number of nitrogens with one attached hydrogen (secondary N) is 1. The second-order valence-corrected chi connectivity index (χ2v) is 11.4. The largest absolute Gasteiger partial charge is 0.492 e. The lowest BCUT2D eigenvalue weighted by Gasteiger charge is -2.32. The van der Waals surface area contributed by atoms with Crippen molar-refractivity contribution >= 4 is 27.3 Å². The Kier molecular flexibility index (Phi) is 6.79. The second kappa shape index (κ2) is 9.96. The summed E-state index contributed by atoms with van der Waals surface area (Å²) in [6.07, 6.45) is 6.82. The topological polar surface area (TPSA) is 79.0 Å². The highest BCUT2D eigenvalue weighted by Crippen LogP contribution is 2.34. The highest BCUT2D eigenvalue weighted by Gasteiger charge is 2.30. The van der Waals surface area contributed by atoms with E-state index in [0.29, 0.717) is 31.8 Å². The fourth-order valence-electron chi connectivity index (χ4n) is 5.17. The van der Waals surface area contributed by atoms with E-state index in [1.165, 1.54) is 6.42 Å². The number of carbonyl (C=O) groups is 1. The number of fused-ring (bicyclic) bond motifs is 1. The van der Waals surface area contributed by atoms with E-state index in [1.54, 1.807) is 16.4 Å². The molecule has 0 aliphatic carbocycles. The highest BCUT2D eigenvalue weighted by atomic mass is 32.2. The predicted octanol–water partition coefficient (Wildman–Crippen LogP) is 4.04. The molecule has 2 fully saturated rings. The van der Waals surface area contributed by atoms with Crippen molar-refractivity contribution in [3.05, 3.63) is 48.0 Å². The maximum Gasteiger partial charge on any atom is 0.243 e. The molecule has 3 aliphatic rings. The van der Waals surface area contributed by atoms with Crippen LogP contribution in [0.5, 0.6) is 5.75 Å². The molecule has 1 N–H and O–H groups in total. The van der Waals surface area contributed by atoms with Crippen LogP contribution in [-0.4, -0.2) is 51.4 Å². The highest BCUT2D eigenvalue weighted by molar-refractivity contribution is 7.89. The Labute approximate surface area is 202 Å². The standard InChI is InChI=1S/C26H33N3O4S/c30-26(21-17-20-9-3-4-10-25(20)33-19-21)27-23-18-22(34(31,32)29-15-7-2-8-16-29)11-12-24(23)28-13-5-1-6-14-28/h3-4,9-12,18,21H,1-2,5-8,13-17,19H2,(H,27,30)/t21-/m0/s1. The molecule has 1 atom stereocenters. The Morgan fingerprint density at radius 2 is 1.62 bits per heavy atom. The van der Waals surface area contributed by atoms with E-state index in [0.717, 1.165) is 62.2 Å². The van der Waals surface area contributed by atoms with Crippen molar-refractivity contribution in [1.29, 1.82) is 0 Å². The molecule has 0 spiro atoms. The van der Waals surface area contributed by atoms with E-state index < -0.39 is 10.0 Å². The molecule has 182 valence electrons. The maximum atomic E-state index is 13.3. The molecule has 2 aromatic carbocycles.